The Morgan fingerprint density at radius 3 is 2.58 bits per heavy atom. The summed E-state index contributed by atoms with van der Waals surface area (Å²) in [5, 5.41) is 12.1. The van der Waals surface area contributed by atoms with E-state index < -0.39 is 5.82 Å². The minimum Gasteiger partial charge on any atom is -0.496 e. The summed E-state index contributed by atoms with van der Waals surface area (Å²) >= 11 is 0. The molecule has 6 nitrogen and oxygen atoms in total. The Bertz CT molecular complexity index is 920. The summed E-state index contributed by atoms with van der Waals surface area (Å²) in [5.74, 6) is 0.305. The van der Waals surface area contributed by atoms with E-state index in [2.05, 4.69) is 29.3 Å². The van der Waals surface area contributed by atoms with Crippen LogP contribution in [0.25, 0.3) is 11.4 Å². The number of hydrogen-bond donors (Lipinski definition) is 0. The number of aromatic nitrogens is 4. The number of ether oxygens (including phenoxy) is 1. The van der Waals surface area contributed by atoms with Gasteiger partial charge < -0.3 is 4.74 Å². The Morgan fingerprint density at radius 2 is 1.92 bits per heavy atom. The highest BCUT2D eigenvalue weighted by Gasteiger charge is 2.16. The van der Waals surface area contributed by atoms with Crippen LogP contribution in [0.1, 0.15) is 35.7 Å². The third-order valence-corrected chi connectivity index (χ3v) is 4.04. The van der Waals surface area contributed by atoms with E-state index in [1.54, 1.807) is 0 Å². The predicted molar refractivity (Wildman–Crippen MR) is 94.6 cm³/mol. The fraction of sp³-hybridized carbons (Fsp3) is 0.263. The summed E-state index contributed by atoms with van der Waals surface area (Å²) in [7, 11) is 1.43. The van der Waals surface area contributed by atoms with Gasteiger partial charge in [-0.2, -0.15) is 4.80 Å². The van der Waals surface area contributed by atoms with Crippen molar-refractivity contribution < 1.29 is 13.9 Å². The standard InChI is InChI=1S/C19H19FN4O2/c1-12(2)13-4-6-14(7-5-13)19-21-23-24(22-19)11-17(25)16-10-15(20)8-9-18(16)26-3/h4-10,12H,11H2,1-3H3. The molecule has 0 atom stereocenters. The first-order valence-corrected chi connectivity index (χ1v) is 8.23. The van der Waals surface area contributed by atoms with Crippen molar-refractivity contribution in [2.24, 2.45) is 0 Å². The maximum Gasteiger partial charge on any atom is 0.204 e. The number of tetrazole rings is 1. The molecular formula is C19H19FN4O2. The molecule has 0 N–H and O–H groups in total. The van der Waals surface area contributed by atoms with Crippen LogP contribution < -0.4 is 4.74 Å². The second kappa shape index (κ2) is 7.43. The van der Waals surface area contributed by atoms with E-state index in [1.807, 2.05) is 24.3 Å². The molecule has 7 heteroatoms. The van der Waals surface area contributed by atoms with Gasteiger partial charge in [0.1, 0.15) is 18.1 Å². The van der Waals surface area contributed by atoms with Crippen molar-refractivity contribution in [1.29, 1.82) is 0 Å². The highest BCUT2D eigenvalue weighted by Crippen LogP contribution is 2.21. The van der Waals surface area contributed by atoms with E-state index in [1.165, 1.54) is 29.6 Å². The Kier molecular flexibility index (Phi) is 5.06. The lowest BCUT2D eigenvalue weighted by atomic mass is 10.0. The summed E-state index contributed by atoms with van der Waals surface area (Å²) < 4.78 is 18.6. The van der Waals surface area contributed by atoms with Crippen molar-refractivity contribution in [1.82, 2.24) is 20.2 Å². The first-order valence-electron chi connectivity index (χ1n) is 8.23. The van der Waals surface area contributed by atoms with Crippen molar-refractivity contribution in [2.45, 2.75) is 26.3 Å². The van der Waals surface area contributed by atoms with Gasteiger partial charge >= 0.3 is 0 Å². The number of nitrogens with zero attached hydrogens (tertiary/aromatic N) is 4. The summed E-state index contributed by atoms with van der Waals surface area (Å²) in [5.41, 5.74) is 2.18. The van der Waals surface area contributed by atoms with Gasteiger partial charge in [-0.1, -0.05) is 38.1 Å². The van der Waals surface area contributed by atoms with Crippen molar-refractivity contribution in [3.05, 3.63) is 59.4 Å². The summed E-state index contributed by atoms with van der Waals surface area (Å²) in [6, 6.07) is 11.7. The molecule has 3 rings (SSSR count). The van der Waals surface area contributed by atoms with E-state index in [0.29, 0.717) is 17.5 Å². The van der Waals surface area contributed by atoms with Crippen LogP contribution in [0.15, 0.2) is 42.5 Å². The molecule has 134 valence electrons. The minimum absolute atomic E-state index is 0.146. The van der Waals surface area contributed by atoms with Gasteiger partial charge in [-0.3, -0.25) is 4.79 Å². The Balaban J connectivity index is 1.78. The van der Waals surface area contributed by atoms with Crippen molar-refractivity contribution in [2.75, 3.05) is 7.11 Å². The lowest BCUT2D eigenvalue weighted by molar-refractivity contribution is 0.0958. The summed E-state index contributed by atoms with van der Waals surface area (Å²) in [6.45, 7) is 4.09. The molecule has 0 amide bonds. The number of halogens is 1. The highest BCUT2D eigenvalue weighted by atomic mass is 19.1. The SMILES string of the molecule is COc1ccc(F)cc1C(=O)Cn1nnc(-c2ccc(C(C)C)cc2)n1. The van der Waals surface area contributed by atoms with Crippen LogP contribution in [0.4, 0.5) is 4.39 Å². The zero-order valence-electron chi connectivity index (χ0n) is 14.8. The largest absolute Gasteiger partial charge is 0.496 e. The molecule has 3 aromatic rings. The second-order valence-corrected chi connectivity index (χ2v) is 6.19. The van der Waals surface area contributed by atoms with Gasteiger partial charge in [0.15, 0.2) is 5.78 Å². The van der Waals surface area contributed by atoms with E-state index in [0.717, 1.165) is 11.6 Å². The number of carbonyl (C=O) groups excluding carboxylic acids is 1. The molecule has 0 aliphatic rings. The molecule has 0 unspecified atom stereocenters. The highest BCUT2D eigenvalue weighted by molar-refractivity contribution is 5.98. The van der Waals surface area contributed by atoms with Crippen LogP contribution in [0.5, 0.6) is 5.75 Å². The fourth-order valence-corrected chi connectivity index (χ4v) is 2.55. The van der Waals surface area contributed by atoms with Gasteiger partial charge in [-0.05, 0) is 34.9 Å². The molecule has 0 radical (unpaired) electrons. The molecule has 26 heavy (non-hydrogen) atoms. The Hall–Kier alpha value is -3.09. The summed E-state index contributed by atoms with van der Waals surface area (Å²) in [6.07, 6.45) is 0. The second-order valence-electron chi connectivity index (χ2n) is 6.19. The number of rotatable bonds is 6. The topological polar surface area (TPSA) is 69.9 Å². The Morgan fingerprint density at radius 1 is 1.19 bits per heavy atom. The van der Waals surface area contributed by atoms with Gasteiger partial charge in [0.05, 0.1) is 12.7 Å². The zero-order valence-corrected chi connectivity index (χ0v) is 14.8. The van der Waals surface area contributed by atoms with Crippen LogP contribution in [-0.4, -0.2) is 33.1 Å². The van der Waals surface area contributed by atoms with Crippen LogP contribution in [0, 0.1) is 5.82 Å². The van der Waals surface area contributed by atoms with E-state index >= 15 is 0 Å². The number of ketones is 1. The average Bonchev–Trinajstić information content (AvgIpc) is 3.10. The van der Waals surface area contributed by atoms with Crippen LogP contribution >= 0.6 is 0 Å². The number of methoxy groups -OCH3 is 1. The maximum absolute atomic E-state index is 13.4. The minimum atomic E-state index is -0.508. The molecule has 0 saturated carbocycles. The van der Waals surface area contributed by atoms with Crippen LogP contribution in [0.3, 0.4) is 0 Å². The molecule has 0 bridgehead atoms. The van der Waals surface area contributed by atoms with Gasteiger partial charge in [-0.15, -0.1) is 10.2 Å². The van der Waals surface area contributed by atoms with Crippen molar-refractivity contribution in [3.8, 4) is 17.1 Å². The lowest BCUT2D eigenvalue weighted by Gasteiger charge is -2.07. The zero-order chi connectivity index (χ0) is 18.7. The van der Waals surface area contributed by atoms with E-state index in [9.17, 15) is 9.18 Å². The smallest absolute Gasteiger partial charge is 0.204 e. The van der Waals surface area contributed by atoms with Crippen molar-refractivity contribution >= 4 is 5.78 Å². The molecule has 0 fully saturated rings. The van der Waals surface area contributed by atoms with Gasteiger partial charge in [0.25, 0.3) is 0 Å². The number of Topliss-reactive ketones (excluding diaryl/α,β-unsaturated/α-hetero) is 1. The third-order valence-electron chi connectivity index (χ3n) is 4.04. The molecule has 2 aromatic carbocycles. The van der Waals surface area contributed by atoms with Crippen LogP contribution in [0.2, 0.25) is 0 Å². The number of benzene rings is 2. The fourth-order valence-electron chi connectivity index (χ4n) is 2.55. The van der Waals surface area contributed by atoms with Gasteiger partial charge in [0, 0.05) is 5.56 Å². The van der Waals surface area contributed by atoms with Gasteiger partial charge in [-0.25, -0.2) is 4.39 Å². The van der Waals surface area contributed by atoms with Crippen molar-refractivity contribution in [3.63, 3.8) is 0 Å². The molecular weight excluding hydrogens is 335 g/mol. The Labute approximate surface area is 150 Å². The lowest BCUT2D eigenvalue weighted by Crippen LogP contribution is -2.14. The number of carbonyl (C=O) groups is 1. The average molecular weight is 354 g/mol. The quantitative estimate of drug-likeness (QED) is 0.634. The normalized spacial score (nSPS) is 11.0. The maximum atomic E-state index is 13.4. The predicted octanol–water partition coefficient (Wildman–Crippen LogP) is 3.49. The first-order chi connectivity index (χ1) is 12.5. The molecule has 0 aliphatic heterocycles. The molecule has 1 aromatic heterocycles. The van der Waals surface area contributed by atoms with E-state index in [-0.39, 0.29) is 17.9 Å². The third kappa shape index (κ3) is 3.77. The van der Waals surface area contributed by atoms with Gasteiger partial charge in [0.2, 0.25) is 5.82 Å². The monoisotopic (exact) mass is 354 g/mol. The first kappa shape index (κ1) is 17.7. The molecule has 0 saturated heterocycles. The molecule has 0 aliphatic carbocycles. The summed E-state index contributed by atoms with van der Waals surface area (Å²) in [4.78, 5) is 13.6. The number of hydrogen-bond acceptors (Lipinski definition) is 5. The molecule has 1 heterocycles. The molecule has 0 spiro atoms. The van der Waals surface area contributed by atoms with Crippen LogP contribution in [-0.2, 0) is 6.54 Å². The van der Waals surface area contributed by atoms with E-state index in [4.69, 9.17) is 4.74 Å².